The van der Waals surface area contributed by atoms with Crippen molar-refractivity contribution in [3.63, 3.8) is 0 Å². The molecular weight excluding hydrogens is 527 g/mol. The van der Waals surface area contributed by atoms with Crippen LogP contribution in [-0.2, 0) is 4.74 Å². The van der Waals surface area contributed by atoms with Crippen molar-refractivity contribution in [1.29, 1.82) is 0 Å². The summed E-state index contributed by atoms with van der Waals surface area (Å²) in [5.41, 5.74) is 0.837. The van der Waals surface area contributed by atoms with Gasteiger partial charge in [0.1, 0.15) is 5.75 Å². The van der Waals surface area contributed by atoms with Gasteiger partial charge in [-0.3, -0.25) is 9.89 Å². The van der Waals surface area contributed by atoms with Gasteiger partial charge < -0.3 is 25.2 Å². The Kier molecular flexibility index (Phi) is 11.6. The number of guanidine groups is 1. The Balaban J connectivity index is 0.00000341. The first-order chi connectivity index (χ1) is 14.7. The zero-order valence-corrected chi connectivity index (χ0v) is 21.3. The summed E-state index contributed by atoms with van der Waals surface area (Å²) >= 11 is 1.77. The number of thiophene rings is 1. The van der Waals surface area contributed by atoms with E-state index in [1.54, 1.807) is 18.4 Å². The molecule has 9 heteroatoms. The highest BCUT2D eigenvalue weighted by Crippen LogP contribution is 2.26. The molecule has 0 amide bonds. The van der Waals surface area contributed by atoms with E-state index in [1.807, 2.05) is 31.2 Å². The van der Waals surface area contributed by atoms with E-state index in [0.717, 1.165) is 44.2 Å². The number of aliphatic hydroxyl groups is 1. The molecule has 0 aliphatic carbocycles. The van der Waals surface area contributed by atoms with Gasteiger partial charge in [-0.05, 0) is 36.1 Å². The first kappa shape index (κ1) is 25.9. The Bertz CT molecular complexity index is 768. The summed E-state index contributed by atoms with van der Waals surface area (Å²) in [5, 5.41) is 19.2. The van der Waals surface area contributed by atoms with Gasteiger partial charge in [0.15, 0.2) is 5.96 Å². The van der Waals surface area contributed by atoms with Crippen molar-refractivity contribution in [3.05, 3.63) is 52.2 Å². The number of hydrogen-bond donors (Lipinski definition) is 3. The number of morpholine rings is 1. The number of rotatable bonds is 9. The predicted octanol–water partition coefficient (Wildman–Crippen LogP) is 3.04. The number of hydrogen-bond acceptors (Lipinski definition) is 6. The maximum atomic E-state index is 10.5. The fourth-order valence-corrected chi connectivity index (χ4v) is 4.26. The molecule has 31 heavy (non-hydrogen) atoms. The van der Waals surface area contributed by atoms with E-state index in [-0.39, 0.29) is 30.0 Å². The van der Waals surface area contributed by atoms with E-state index in [0.29, 0.717) is 19.0 Å². The van der Waals surface area contributed by atoms with Crippen molar-refractivity contribution < 1.29 is 14.6 Å². The van der Waals surface area contributed by atoms with Gasteiger partial charge in [-0.2, -0.15) is 0 Å². The minimum Gasteiger partial charge on any atom is -0.497 e. The van der Waals surface area contributed by atoms with Gasteiger partial charge in [0, 0.05) is 31.1 Å². The van der Waals surface area contributed by atoms with Crippen molar-refractivity contribution >= 4 is 41.3 Å². The van der Waals surface area contributed by atoms with Gasteiger partial charge in [0.25, 0.3) is 0 Å². The molecule has 1 aromatic heterocycles. The van der Waals surface area contributed by atoms with Crippen molar-refractivity contribution in [1.82, 2.24) is 15.5 Å². The van der Waals surface area contributed by atoms with Crippen molar-refractivity contribution in [2.24, 2.45) is 4.99 Å². The summed E-state index contributed by atoms with van der Waals surface area (Å²) in [6.45, 7) is 7.17. The summed E-state index contributed by atoms with van der Waals surface area (Å²) < 4.78 is 10.7. The third-order valence-corrected chi connectivity index (χ3v) is 6.06. The number of nitrogens with one attached hydrogen (secondary N) is 2. The number of methoxy groups -OCH3 is 1. The molecule has 1 fully saturated rings. The maximum absolute atomic E-state index is 10.5. The molecule has 0 bridgehead atoms. The molecule has 0 radical (unpaired) electrons. The van der Waals surface area contributed by atoms with Crippen LogP contribution in [-0.4, -0.2) is 69.0 Å². The van der Waals surface area contributed by atoms with Crippen LogP contribution in [0.1, 0.15) is 29.5 Å². The second-order valence-electron chi connectivity index (χ2n) is 7.07. The molecule has 1 aliphatic rings. The van der Waals surface area contributed by atoms with Gasteiger partial charge in [-0.15, -0.1) is 35.3 Å². The number of aliphatic hydroxyl groups excluding tert-OH is 1. The van der Waals surface area contributed by atoms with E-state index in [2.05, 4.69) is 33.0 Å². The molecule has 2 atom stereocenters. The van der Waals surface area contributed by atoms with E-state index in [1.165, 1.54) is 4.88 Å². The zero-order chi connectivity index (χ0) is 21.2. The van der Waals surface area contributed by atoms with Crippen molar-refractivity contribution in [3.8, 4) is 5.75 Å². The number of aliphatic imine (C=N–C) groups is 1. The summed E-state index contributed by atoms with van der Waals surface area (Å²) in [6.07, 6.45) is -0.632. The monoisotopic (exact) mass is 560 g/mol. The molecule has 1 aliphatic heterocycles. The van der Waals surface area contributed by atoms with Crippen LogP contribution >= 0.6 is 35.3 Å². The topological polar surface area (TPSA) is 78.4 Å². The van der Waals surface area contributed by atoms with Crippen LogP contribution in [0.3, 0.4) is 0 Å². The first-order valence-electron chi connectivity index (χ1n) is 10.4. The summed E-state index contributed by atoms with van der Waals surface area (Å²) in [4.78, 5) is 8.58. The second kappa shape index (κ2) is 13.9. The quantitative estimate of drug-likeness (QED) is 0.249. The Labute approximate surface area is 205 Å². The third-order valence-electron chi connectivity index (χ3n) is 5.09. The SMILES string of the molecule is CCNC(=NCC(c1cccs1)N1CCOCC1)NCC(O)c1ccc(OC)cc1.I. The summed E-state index contributed by atoms with van der Waals surface area (Å²) in [6, 6.07) is 12.0. The Morgan fingerprint density at radius 2 is 1.97 bits per heavy atom. The molecule has 3 rings (SSSR count). The predicted molar refractivity (Wildman–Crippen MR) is 137 cm³/mol. The van der Waals surface area contributed by atoms with Crippen LogP contribution < -0.4 is 15.4 Å². The summed E-state index contributed by atoms with van der Waals surface area (Å²) in [5.74, 6) is 1.48. The molecule has 0 saturated carbocycles. The largest absolute Gasteiger partial charge is 0.497 e. The highest BCUT2D eigenvalue weighted by Gasteiger charge is 2.23. The van der Waals surface area contributed by atoms with Crippen LogP contribution in [0.5, 0.6) is 5.75 Å². The smallest absolute Gasteiger partial charge is 0.191 e. The van der Waals surface area contributed by atoms with E-state index >= 15 is 0 Å². The molecule has 2 aromatic rings. The lowest BCUT2D eigenvalue weighted by Gasteiger charge is -2.33. The van der Waals surface area contributed by atoms with Gasteiger partial charge in [0.2, 0.25) is 0 Å². The fraction of sp³-hybridized carbons (Fsp3) is 0.500. The maximum Gasteiger partial charge on any atom is 0.191 e. The van der Waals surface area contributed by atoms with Crippen molar-refractivity contribution in [2.75, 3.05) is 53.0 Å². The van der Waals surface area contributed by atoms with Crippen LogP contribution in [0.2, 0.25) is 0 Å². The Morgan fingerprint density at radius 3 is 2.58 bits per heavy atom. The van der Waals surface area contributed by atoms with Gasteiger partial charge in [0.05, 0.1) is 39.0 Å². The summed E-state index contributed by atoms with van der Waals surface area (Å²) in [7, 11) is 1.63. The Morgan fingerprint density at radius 1 is 1.23 bits per heavy atom. The van der Waals surface area contributed by atoms with E-state index < -0.39 is 6.10 Å². The molecule has 3 N–H and O–H groups in total. The average Bonchev–Trinajstić information content (AvgIpc) is 3.32. The molecule has 7 nitrogen and oxygen atoms in total. The number of ether oxygens (including phenoxy) is 2. The minimum atomic E-state index is -0.632. The number of benzene rings is 1. The lowest BCUT2D eigenvalue weighted by molar-refractivity contribution is 0.0186. The van der Waals surface area contributed by atoms with Gasteiger partial charge in [-0.25, -0.2) is 0 Å². The standard InChI is InChI=1S/C22H32N4O3S.HI/c1-3-23-22(25-16-20(27)17-6-8-18(28-2)9-7-17)24-15-19(21-5-4-14-30-21)26-10-12-29-13-11-26;/h4-9,14,19-20,27H,3,10-13,15-16H2,1-2H3,(H2,23,24,25);1H. The average molecular weight is 561 g/mol. The van der Waals surface area contributed by atoms with Crippen molar-refractivity contribution in [2.45, 2.75) is 19.1 Å². The van der Waals surface area contributed by atoms with Crippen LogP contribution in [0, 0.1) is 0 Å². The molecule has 2 unspecified atom stereocenters. The van der Waals surface area contributed by atoms with E-state index in [9.17, 15) is 5.11 Å². The lowest BCUT2D eigenvalue weighted by Crippen LogP contribution is -2.42. The van der Waals surface area contributed by atoms with Crippen LogP contribution in [0.4, 0.5) is 0 Å². The van der Waals surface area contributed by atoms with Crippen LogP contribution in [0.25, 0.3) is 0 Å². The minimum absolute atomic E-state index is 0. The van der Waals surface area contributed by atoms with Crippen LogP contribution in [0.15, 0.2) is 46.8 Å². The second-order valence-corrected chi connectivity index (χ2v) is 8.05. The first-order valence-corrected chi connectivity index (χ1v) is 11.3. The zero-order valence-electron chi connectivity index (χ0n) is 18.1. The highest BCUT2D eigenvalue weighted by molar-refractivity contribution is 14.0. The molecular formula is C22H33IN4O3S. The molecule has 0 spiro atoms. The molecule has 1 aromatic carbocycles. The fourth-order valence-electron chi connectivity index (χ4n) is 3.41. The number of nitrogens with zero attached hydrogens (tertiary/aromatic N) is 2. The number of halogens is 1. The Hall–Kier alpha value is -1.40. The molecule has 172 valence electrons. The van der Waals surface area contributed by atoms with Gasteiger partial charge in [-0.1, -0.05) is 18.2 Å². The molecule has 1 saturated heterocycles. The molecule has 2 heterocycles. The van der Waals surface area contributed by atoms with E-state index in [4.69, 9.17) is 14.5 Å². The third kappa shape index (κ3) is 7.90. The highest BCUT2D eigenvalue weighted by atomic mass is 127. The lowest BCUT2D eigenvalue weighted by atomic mass is 10.1. The van der Waals surface area contributed by atoms with Gasteiger partial charge >= 0.3 is 0 Å². The normalized spacial score (nSPS) is 16.8.